The highest BCUT2D eigenvalue weighted by Crippen LogP contribution is 2.34. The van der Waals surface area contributed by atoms with E-state index in [-0.39, 0.29) is 5.54 Å². The SMILES string of the molecule is CON=C1CCCC2=C1CCC(NC(C)(C)C)C2. The third-order valence-electron chi connectivity index (χ3n) is 3.74. The van der Waals surface area contributed by atoms with Crippen LogP contribution in [0.4, 0.5) is 0 Å². The highest BCUT2D eigenvalue weighted by atomic mass is 16.6. The monoisotopic (exact) mass is 250 g/mol. The Balaban J connectivity index is 2.08. The van der Waals surface area contributed by atoms with Gasteiger partial charge >= 0.3 is 0 Å². The Hall–Kier alpha value is -0.830. The van der Waals surface area contributed by atoms with Gasteiger partial charge in [-0.1, -0.05) is 10.7 Å². The third-order valence-corrected chi connectivity index (χ3v) is 3.74. The molecule has 0 saturated carbocycles. The van der Waals surface area contributed by atoms with Crippen LogP contribution < -0.4 is 5.32 Å². The number of hydrogen-bond donors (Lipinski definition) is 1. The molecule has 1 atom stereocenters. The molecule has 0 aliphatic heterocycles. The largest absolute Gasteiger partial charge is 0.399 e. The minimum absolute atomic E-state index is 0.209. The summed E-state index contributed by atoms with van der Waals surface area (Å²) in [5.74, 6) is 0. The molecule has 0 amide bonds. The number of rotatable bonds is 2. The van der Waals surface area contributed by atoms with Crippen molar-refractivity contribution in [1.82, 2.24) is 5.32 Å². The Kier molecular flexibility index (Phi) is 4.10. The zero-order chi connectivity index (χ0) is 13.2. The van der Waals surface area contributed by atoms with Crippen molar-refractivity contribution in [2.75, 3.05) is 7.11 Å². The summed E-state index contributed by atoms with van der Waals surface area (Å²) in [6.07, 6.45) is 7.13. The van der Waals surface area contributed by atoms with Crippen molar-refractivity contribution in [2.24, 2.45) is 5.16 Å². The first-order valence-corrected chi connectivity index (χ1v) is 7.08. The van der Waals surface area contributed by atoms with E-state index in [1.54, 1.807) is 12.7 Å². The Labute approximate surface area is 111 Å². The van der Waals surface area contributed by atoms with Gasteiger partial charge in [-0.2, -0.15) is 0 Å². The number of allylic oxidation sites excluding steroid dienone is 1. The average molecular weight is 250 g/mol. The van der Waals surface area contributed by atoms with E-state index in [0.29, 0.717) is 6.04 Å². The predicted molar refractivity (Wildman–Crippen MR) is 75.8 cm³/mol. The van der Waals surface area contributed by atoms with Crippen LogP contribution in [0.3, 0.4) is 0 Å². The van der Waals surface area contributed by atoms with Gasteiger partial charge in [0.2, 0.25) is 0 Å². The van der Waals surface area contributed by atoms with Crippen molar-refractivity contribution in [3.63, 3.8) is 0 Å². The fourth-order valence-electron chi connectivity index (χ4n) is 3.19. The lowest BCUT2D eigenvalue weighted by Gasteiger charge is -2.35. The van der Waals surface area contributed by atoms with Crippen molar-refractivity contribution in [1.29, 1.82) is 0 Å². The molecule has 18 heavy (non-hydrogen) atoms. The molecule has 0 bridgehead atoms. The summed E-state index contributed by atoms with van der Waals surface area (Å²) in [6.45, 7) is 6.74. The van der Waals surface area contributed by atoms with Gasteiger partial charge in [0.05, 0.1) is 5.71 Å². The van der Waals surface area contributed by atoms with Crippen molar-refractivity contribution < 1.29 is 4.84 Å². The van der Waals surface area contributed by atoms with E-state index in [4.69, 9.17) is 4.84 Å². The van der Waals surface area contributed by atoms with Crippen LogP contribution in [0, 0.1) is 0 Å². The van der Waals surface area contributed by atoms with Gasteiger partial charge in [0, 0.05) is 11.6 Å². The molecule has 3 heteroatoms. The first kappa shape index (κ1) is 13.6. The first-order valence-electron chi connectivity index (χ1n) is 7.08. The summed E-state index contributed by atoms with van der Waals surface area (Å²) in [7, 11) is 1.65. The smallest absolute Gasteiger partial charge is 0.106 e. The number of nitrogens with one attached hydrogen (secondary N) is 1. The van der Waals surface area contributed by atoms with Crippen LogP contribution >= 0.6 is 0 Å². The van der Waals surface area contributed by atoms with Crippen LogP contribution in [0.25, 0.3) is 0 Å². The van der Waals surface area contributed by atoms with Gasteiger partial charge in [-0.15, -0.1) is 0 Å². The molecule has 0 radical (unpaired) electrons. The first-order chi connectivity index (χ1) is 8.49. The molecule has 0 aromatic carbocycles. The Bertz CT molecular complexity index is 363. The molecule has 2 aliphatic carbocycles. The quantitative estimate of drug-likeness (QED) is 0.762. The fraction of sp³-hybridized carbons (Fsp3) is 0.800. The van der Waals surface area contributed by atoms with Gasteiger partial charge < -0.3 is 10.2 Å². The van der Waals surface area contributed by atoms with Gasteiger partial charge in [0.25, 0.3) is 0 Å². The molecule has 2 rings (SSSR count). The van der Waals surface area contributed by atoms with E-state index < -0.39 is 0 Å². The van der Waals surface area contributed by atoms with Crippen LogP contribution in [0.2, 0.25) is 0 Å². The van der Waals surface area contributed by atoms with Crippen molar-refractivity contribution in [3.05, 3.63) is 11.1 Å². The zero-order valence-corrected chi connectivity index (χ0v) is 12.2. The molecule has 2 aliphatic rings. The van der Waals surface area contributed by atoms with E-state index in [1.165, 1.54) is 37.0 Å². The topological polar surface area (TPSA) is 33.6 Å². The summed E-state index contributed by atoms with van der Waals surface area (Å²) in [4.78, 5) is 4.98. The highest BCUT2D eigenvalue weighted by Gasteiger charge is 2.28. The lowest BCUT2D eigenvalue weighted by atomic mass is 9.78. The number of nitrogens with zero attached hydrogens (tertiary/aromatic N) is 1. The van der Waals surface area contributed by atoms with Gasteiger partial charge in [0.1, 0.15) is 7.11 Å². The van der Waals surface area contributed by atoms with Crippen molar-refractivity contribution in [3.8, 4) is 0 Å². The van der Waals surface area contributed by atoms with E-state index in [1.807, 2.05) is 0 Å². The molecule has 0 aromatic rings. The highest BCUT2D eigenvalue weighted by molar-refractivity contribution is 6.01. The summed E-state index contributed by atoms with van der Waals surface area (Å²) in [5, 5.41) is 7.94. The molecule has 0 aromatic heterocycles. The molecule has 3 nitrogen and oxygen atoms in total. The lowest BCUT2D eigenvalue weighted by molar-refractivity contribution is 0.212. The summed E-state index contributed by atoms with van der Waals surface area (Å²) in [6, 6.07) is 0.630. The molecule has 0 spiro atoms. The fourth-order valence-corrected chi connectivity index (χ4v) is 3.19. The molecule has 0 heterocycles. The average Bonchev–Trinajstić information content (AvgIpc) is 2.27. The molecular weight excluding hydrogens is 224 g/mol. The van der Waals surface area contributed by atoms with Crippen LogP contribution in [0.5, 0.6) is 0 Å². The predicted octanol–water partition coefficient (Wildman–Crippen LogP) is 3.41. The third kappa shape index (κ3) is 3.35. The van der Waals surface area contributed by atoms with E-state index in [0.717, 1.165) is 12.8 Å². The van der Waals surface area contributed by atoms with E-state index in [2.05, 4.69) is 31.2 Å². The minimum Gasteiger partial charge on any atom is -0.399 e. The molecule has 102 valence electrons. The Morgan fingerprint density at radius 2 is 2.00 bits per heavy atom. The molecule has 1 N–H and O–H groups in total. The van der Waals surface area contributed by atoms with Gasteiger partial charge in [-0.05, 0) is 64.9 Å². The Morgan fingerprint density at radius 1 is 1.22 bits per heavy atom. The van der Waals surface area contributed by atoms with Gasteiger partial charge in [-0.25, -0.2) is 0 Å². The summed E-state index contributed by atoms with van der Waals surface area (Å²) >= 11 is 0. The maximum Gasteiger partial charge on any atom is 0.106 e. The Morgan fingerprint density at radius 3 is 2.67 bits per heavy atom. The van der Waals surface area contributed by atoms with Gasteiger partial charge in [0.15, 0.2) is 0 Å². The minimum atomic E-state index is 0.209. The van der Waals surface area contributed by atoms with Gasteiger partial charge in [-0.3, -0.25) is 0 Å². The van der Waals surface area contributed by atoms with Crippen LogP contribution in [-0.2, 0) is 4.84 Å². The molecule has 0 fully saturated rings. The van der Waals surface area contributed by atoms with Crippen LogP contribution in [0.15, 0.2) is 16.3 Å². The van der Waals surface area contributed by atoms with Crippen molar-refractivity contribution >= 4 is 5.71 Å². The lowest BCUT2D eigenvalue weighted by Crippen LogP contribution is -2.45. The number of hydrogen-bond acceptors (Lipinski definition) is 3. The van der Waals surface area contributed by atoms with Crippen molar-refractivity contribution in [2.45, 2.75) is 70.9 Å². The molecular formula is C15H26N2O. The molecule has 0 saturated heterocycles. The normalized spacial score (nSPS) is 27.3. The van der Waals surface area contributed by atoms with Crippen LogP contribution in [-0.4, -0.2) is 24.4 Å². The second-order valence-corrected chi connectivity index (χ2v) is 6.49. The zero-order valence-electron chi connectivity index (χ0n) is 12.2. The van der Waals surface area contributed by atoms with E-state index >= 15 is 0 Å². The summed E-state index contributed by atoms with van der Waals surface area (Å²) in [5.41, 5.74) is 4.52. The maximum absolute atomic E-state index is 4.98. The second-order valence-electron chi connectivity index (χ2n) is 6.49. The standard InChI is InChI=1S/C15H26N2O/c1-15(2,3)16-12-8-9-13-11(10-12)6-5-7-14(13)17-18-4/h12,16H,5-10H2,1-4H3. The van der Waals surface area contributed by atoms with E-state index in [9.17, 15) is 0 Å². The number of oxime groups is 1. The molecule has 1 unspecified atom stereocenters. The van der Waals surface area contributed by atoms with Crippen LogP contribution in [0.1, 0.15) is 59.3 Å². The maximum atomic E-state index is 4.98. The second kappa shape index (κ2) is 5.43. The summed E-state index contributed by atoms with van der Waals surface area (Å²) < 4.78 is 0.